The second kappa shape index (κ2) is 6.77. The molecule has 0 spiro atoms. The predicted octanol–water partition coefficient (Wildman–Crippen LogP) is 1.82. The Morgan fingerprint density at radius 1 is 1.25 bits per heavy atom. The maximum atomic E-state index is 13.1. The maximum Gasteiger partial charge on any atom is 0.255 e. The van der Waals surface area contributed by atoms with Crippen molar-refractivity contribution in [2.24, 2.45) is 5.73 Å². The number of benzene rings is 1. The van der Waals surface area contributed by atoms with Gasteiger partial charge in [0.15, 0.2) is 0 Å². The molecule has 0 aliphatic carbocycles. The van der Waals surface area contributed by atoms with Crippen LogP contribution in [0, 0.1) is 5.82 Å². The summed E-state index contributed by atoms with van der Waals surface area (Å²) in [5.41, 5.74) is 6.77. The van der Waals surface area contributed by atoms with Crippen molar-refractivity contribution in [3.05, 3.63) is 65.7 Å². The summed E-state index contributed by atoms with van der Waals surface area (Å²) in [6.07, 6.45) is 2.43. The molecule has 0 aliphatic heterocycles. The zero-order valence-corrected chi connectivity index (χ0v) is 11.0. The fraction of sp³-hybridized carbons (Fsp3) is 0.200. The third kappa shape index (κ3) is 3.61. The van der Waals surface area contributed by atoms with Crippen LogP contribution in [0.3, 0.4) is 0 Å². The van der Waals surface area contributed by atoms with Crippen molar-refractivity contribution in [2.45, 2.75) is 6.54 Å². The van der Waals surface area contributed by atoms with Crippen molar-refractivity contribution in [3.8, 4) is 0 Å². The van der Waals surface area contributed by atoms with Gasteiger partial charge in [0.05, 0.1) is 11.8 Å². The van der Waals surface area contributed by atoms with Crippen LogP contribution in [0.5, 0.6) is 0 Å². The molecule has 104 valence electrons. The van der Waals surface area contributed by atoms with E-state index in [-0.39, 0.29) is 11.5 Å². The first-order valence-corrected chi connectivity index (χ1v) is 6.34. The molecular formula is C15H16FN3O. The van der Waals surface area contributed by atoms with Crippen LogP contribution in [-0.4, -0.2) is 28.9 Å². The molecule has 0 bridgehead atoms. The van der Waals surface area contributed by atoms with Crippen LogP contribution in [-0.2, 0) is 6.54 Å². The zero-order valence-electron chi connectivity index (χ0n) is 11.0. The predicted molar refractivity (Wildman–Crippen MR) is 74.4 cm³/mol. The van der Waals surface area contributed by atoms with Gasteiger partial charge in [-0.3, -0.25) is 9.78 Å². The number of hydrogen-bond donors (Lipinski definition) is 1. The molecule has 5 heteroatoms. The molecule has 4 nitrogen and oxygen atoms in total. The van der Waals surface area contributed by atoms with Crippen molar-refractivity contribution < 1.29 is 9.18 Å². The van der Waals surface area contributed by atoms with Crippen LogP contribution in [0.25, 0.3) is 0 Å². The van der Waals surface area contributed by atoms with E-state index in [4.69, 9.17) is 5.73 Å². The Kier molecular flexibility index (Phi) is 4.79. The number of amides is 1. The molecule has 0 aliphatic rings. The van der Waals surface area contributed by atoms with E-state index in [1.165, 1.54) is 12.3 Å². The van der Waals surface area contributed by atoms with Crippen LogP contribution < -0.4 is 5.73 Å². The number of rotatable bonds is 5. The van der Waals surface area contributed by atoms with Gasteiger partial charge in [0.1, 0.15) is 5.82 Å². The van der Waals surface area contributed by atoms with Gasteiger partial charge < -0.3 is 10.6 Å². The average Bonchev–Trinajstić information content (AvgIpc) is 2.47. The summed E-state index contributed by atoms with van der Waals surface area (Å²) in [5.74, 6) is -0.797. The van der Waals surface area contributed by atoms with Gasteiger partial charge in [0.2, 0.25) is 0 Å². The summed E-state index contributed by atoms with van der Waals surface area (Å²) in [6, 6.07) is 10.8. The van der Waals surface area contributed by atoms with Crippen molar-refractivity contribution in [3.63, 3.8) is 0 Å². The summed E-state index contributed by atoms with van der Waals surface area (Å²) in [6.45, 7) is 1.19. The molecule has 0 fully saturated rings. The number of carbonyl (C=O) groups is 1. The lowest BCUT2D eigenvalue weighted by Gasteiger charge is -2.22. The Morgan fingerprint density at radius 3 is 2.65 bits per heavy atom. The fourth-order valence-corrected chi connectivity index (χ4v) is 1.92. The molecule has 1 aromatic carbocycles. The van der Waals surface area contributed by atoms with Crippen LogP contribution in [0.2, 0.25) is 0 Å². The van der Waals surface area contributed by atoms with Gasteiger partial charge in [0, 0.05) is 25.8 Å². The lowest BCUT2D eigenvalue weighted by Crippen LogP contribution is -2.35. The molecule has 1 amide bonds. The minimum absolute atomic E-state index is 0.231. The third-order valence-corrected chi connectivity index (χ3v) is 2.85. The molecule has 0 saturated carbocycles. The van der Waals surface area contributed by atoms with E-state index < -0.39 is 5.82 Å². The highest BCUT2D eigenvalue weighted by Crippen LogP contribution is 2.10. The molecule has 0 atom stereocenters. The van der Waals surface area contributed by atoms with Crippen LogP contribution >= 0.6 is 0 Å². The molecule has 1 aromatic heterocycles. The fourth-order valence-electron chi connectivity index (χ4n) is 1.92. The monoisotopic (exact) mass is 273 g/mol. The largest absolute Gasteiger partial charge is 0.333 e. The van der Waals surface area contributed by atoms with E-state index in [9.17, 15) is 9.18 Å². The van der Waals surface area contributed by atoms with Crippen LogP contribution in [0.1, 0.15) is 15.9 Å². The molecule has 20 heavy (non-hydrogen) atoms. The quantitative estimate of drug-likeness (QED) is 0.904. The first kappa shape index (κ1) is 14.1. The van der Waals surface area contributed by atoms with Gasteiger partial charge in [-0.15, -0.1) is 0 Å². The lowest BCUT2D eigenvalue weighted by molar-refractivity contribution is 0.0747. The van der Waals surface area contributed by atoms with Gasteiger partial charge >= 0.3 is 0 Å². The Morgan fingerprint density at radius 2 is 2.00 bits per heavy atom. The second-order valence-electron chi connectivity index (χ2n) is 4.39. The van der Waals surface area contributed by atoms with Crippen LogP contribution in [0.15, 0.2) is 48.8 Å². The Labute approximate surface area is 117 Å². The van der Waals surface area contributed by atoms with Crippen LogP contribution in [0.4, 0.5) is 4.39 Å². The van der Waals surface area contributed by atoms with Crippen molar-refractivity contribution >= 4 is 5.91 Å². The van der Waals surface area contributed by atoms with E-state index >= 15 is 0 Å². The molecule has 0 radical (unpaired) electrons. The summed E-state index contributed by atoms with van der Waals surface area (Å²) in [4.78, 5) is 17.6. The summed E-state index contributed by atoms with van der Waals surface area (Å²) in [7, 11) is 0. The number of carbonyl (C=O) groups excluding carboxylic acids is 1. The van der Waals surface area contributed by atoms with Crippen molar-refractivity contribution in [2.75, 3.05) is 13.1 Å². The Bertz CT molecular complexity index is 574. The first-order chi connectivity index (χ1) is 9.70. The molecule has 0 saturated heterocycles. The highest BCUT2D eigenvalue weighted by Gasteiger charge is 2.16. The number of nitrogens with two attached hydrogens (primary N) is 1. The minimum Gasteiger partial charge on any atom is -0.333 e. The molecule has 2 aromatic rings. The van der Waals surface area contributed by atoms with E-state index in [0.717, 1.165) is 11.8 Å². The second-order valence-corrected chi connectivity index (χ2v) is 4.39. The van der Waals surface area contributed by atoms with Gasteiger partial charge in [-0.05, 0) is 11.6 Å². The number of halogens is 1. The maximum absolute atomic E-state index is 13.1. The Balaban J connectivity index is 2.18. The number of aromatic nitrogens is 1. The SMILES string of the molecule is NCCN(Cc1ccccc1)C(=O)c1cncc(F)c1. The van der Waals surface area contributed by atoms with E-state index in [1.807, 2.05) is 30.3 Å². The topological polar surface area (TPSA) is 59.2 Å². The van der Waals surface area contributed by atoms with Gasteiger partial charge in [-0.2, -0.15) is 0 Å². The molecule has 2 N–H and O–H groups in total. The molecular weight excluding hydrogens is 257 g/mol. The Hall–Kier alpha value is -2.27. The standard InChI is InChI=1S/C15H16FN3O/c16-14-8-13(9-18-10-14)15(20)19(7-6-17)11-12-4-2-1-3-5-12/h1-5,8-10H,6-7,11,17H2. The summed E-state index contributed by atoms with van der Waals surface area (Å²) >= 11 is 0. The van der Waals surface area contributed by atoms with Gasteiger partial charge in [-0.25, -0.2) is 4.39 Å². The number of hydrogen-bond acceptors (Lipinski definition) is 3. The summed E-state index contributed by atoms with van der Waals surface area (Å²) < 4.78 is 13.1. The van der Waals surface area contributed by atoms with Crippen molar-refractivity contribution in [1.29, 1.82) is 0 Å². The molecule has 1 heterocycles. The van der Waals surface area contributed by atoms with E-state index in [2.05, 4.69) is 4.98 Å². The summed E-state index contributed by atoms with van der Waals surface area (Å²) in [5, 5.41) is 0. The molecule has 2 rings (SSSR count). The smallest absolute Gasteiger partial charge is 0.255 e. The first-order valence-electron chi connectivity index (χ1n) is 6.34. The number of nitrogens with zero attached hydrogens (tertiary/aromatic N) is 2. The molecule has 0 unspecified atom stereocenters. The van der Waals surface area contributed by atoms with Gasteiger partial charge in [0.25, 0.3) is 5.91 Å². The third-order valence-electron chi connectivity index (χ3n) is 2.85. The van der Waals surface area contributed by atoms with Gasteiger partial charge in [-0.1, -0.05) is 30.3 Å². The van der Waals surface area contributed by atoms with Crippen molar-refractivity contribution in [1.82, 2.24) is 9.88 Å². The normalized spacial score (nSPS) is 10.3. The minimum atomic E-state index is -0.525. The number of pyridine rings is 1. The van der Waals surface area contributed by atoms with E-state index in [0.29, 0.717) is 19.6 Å². The highest BCUT2D eigenvalue weighted by molar-refractivity contribution is 5.93. The lowest BCUT2D eigenvalue weighted by atomic mass is 10.2. The van der Waals surface area contributed by atoms with E-state index in [1.54, 1.807) is 4.90 Å². The highest BCUT2D eigenvalue weighted by atomic mass is 19.1. The average molecular weight is 273 g/mol. The zero-order chi connectivity index (χ0) is 14.4.